The molecule has 0 spiro atoms. The van der Waals surface area contributed by atoms with Crippen molar-refractivity contribution in [1.29, 1.82) is 0 Å². The fourth-order valence-electron chi connectivity index (χ4n) is 2.52. The van der Waals surface area contributed by atoms with Crippen LogP contribution in [0.25, 0.3) is 5.69 Å². The van der Waals surface area contributed by atoms with Crippen LogP contribution >= 0.6 is 0 Å². The van der Waals surface area contributed by atoms with Gasteiger partial charge in [0.05, 0.1) is 18.5 Å². The van der Waals surface area contributed by atoms with Crippen molar-refractivity contribution in [2.75, 3.05) is 0 Å². The van der Waals surface area contributed by atoms with Gasteiger partial charge < -0.3 is 15.1 Å². The molecule has 3 aromatic rings. The van der Waals surface area contributed by atoms with Crippen LogP contribution in [0.4, 0.5) is 17.6 Å². The number of halogens is 4. The highest BCUT2D eigenvalue weighted by atomic mass is 19.4. The van der Waals surface area contributed by atoms with Gasteiger partial charge >= 0.3 is 6.18 Å². The van der Waals surface area contributed by atoms with Gasteiger partial charge in [-0.05, 0) is 43.3 Å². The Kier molecular flexibility index (Phi) is 5.85. The lowest BCUT2D eigenvalue weighted by Gasteiger charge is -2.14. The molecule has 0 saturated heterocycles. The first kappa shape index (κ1) is 21.0. The smallest absolute Gasteiger partial charge is 0.435 e. The second-order valence-electron chi connectivity index (χ2n) is 6.16. The Labute approximate surface area is 166 Å². The number of amides is 2. The molecule has 2 heterocycles. The van der Waals surface area contributed by atoms with Crippen molar-refractivity contribution in [3.05, 3.63) is 65.6 Å². The van der Waals surface area contributed by atoms with Gasteiger partial charge in [0.2, 0.25) is 5.91 Å². The molecule has 0 fully saturated rings. The predicted molar refractivity (Wildman–Crippen MR) is 93.8 cm³/mol. The molecule has 2 amide bonds. The quantitative estimate of drug-likeness (QED) is 0.591. The van der Waals surface area contributed by atoms with E-state index < -0.39 is 41.2 Å². The number of nitrogens with zero attached hydrogens (tertiary/aromatic N) is 3. The van der Waals surface area contributed by atoms with Crippen LogP contribution in [-0.4, -0.2) is 32.9 Å². The number of alkyl halides is 3. The predicted octanol–water partition coefficient (Wildman–Crippen LogP) is 2.45. The Balaban J connectivity index is 1.78. The third-order valence-electron chi connectivity index (χ3n) is 3.98. The topological polar surface area (TPSA) is 102 Å². The van der Waals surface area contributed by atoms with Crippen molar-refractivity contribution < 1.29 is 31.6 Å². The molecule has 0 bridgehead atoms. The van der Waals surface area contributed by atoms with Gasteiger partial charge in [-0.25, -0.2) is 9.07 Å². The Morgan fingerprint density at radius 2 is 1.90 bits per heavy atom. The van der Waals surface area contributed by atoms with Gasteiger partial charge in [-0.15, -0.1) is 5.10 Å². The molecular weight excluding hydrogens is 410 g/mol. The molecule has 0 radical (unpaired) electrons. The molecule has 1 unspecified atom stereocenters. The molecular formula is C18H15F4N5O3. The molecule has 0 saturated carbocycles. The summed E-state index contributed by atoms with van der Waals surface area (Å²) in [5, 5.41) is 11.3. The van der Waals surface area contributed by atoms with Crippen molar-refractivity contribution in [2.24, 2.45) is 0 Å². The molecule has 0 aliphatic rings. The van der Waals surface area contributed by atoms with Crippen molar-refractivity contribution in [3.8, 4) is 5.69 Å². The maximum Gasteiger partial charge on any atom is 0.435 e. The second-order valence-corrected chi connectivity index (χ2v) is 6.16. The van der Waals surface area contributed by atoms with E-state index in [2.05, 4.69) is 20.9 Å². The fourth-order valence-corrected chi connectivity index (χ4v) is 2.52. The van der Waals surface area contributed by atoms with E-state index in [0.717, 1.165) is 24.3 Å². The summed E-state index contributed by atoms with van der Waals surface area (Å²) in [5.74, 6) is -2.07. The van der Waals surface area contributed by atoms with Crippen LogP contribution < -0.4 is 10.6 Å². The minimum absolute atomic E-state index is 0.0423. The van der Waals surface area contributed by atoms with Gasteiger partial charge in [-0.2, -0.15) is 13.2 Å². The summed E-state index contributed by atoms with van der Waals surface area (Å²) in [7, 11) is 0. The highest BCUT2D eigenvalue weighted by Gasteiger charge is 2.42. The molecule has 1 aromatic carbocycles. The average Bonchev–Trinajstić information content (AvgIpc) is 3.36. The summed E-state index contributed by atoms with van der Waals surface area (Å²) in [5.41, 5.74) is -2.60. The van der Waals surface area contributed by atoms with E-state index in [0.29, 0.717) is 10.4 Å². The third-order valence-corrected chi connectivity index (χ3v) is 3.98. The van der Waals surface area contributed by atoms with Crippen LogP contribution in [0.1, 0.15) is 28.9 Å². The van der Waals surface area contributed by atoms with Gasteiger partial charge in [0.15, 0.2) is 11.4 Å². The van der Waals surface area contributed by atoms with E-state index in [-0.39, 0.29) is 12.2 Å². The summed E-state index contributed by atoms with van der Waals surface area (Å²) in [6, 6.07) is 6.09. The first-order valence-electron chi connectivity index (χ1n) is 8.56. The lowest BCUT2D eigenvalue weighted by molar-refractivity contribution is -0.143. The lowest BCUT2D eigenvalue weighted by Crippen LogP contribution is -2.45. The van der Waals surface area contributed by atoms with Crippen LogP contribution in [0.5, 0.6) is 0 Å². The number of furan rings is 1. The highest BCUT2D eigenvalue weighted by molar-refractivity contribution is 5.96. The first-order chi connectivity index (χ1) is 14.2. The largest absolute Gasteiger partial charge is 0.467 e. The van der Waals surface area contributed by atoms with Gasteiger partial charge in [-0.3, -0.25) is 9.59 Å². The van der Waals surface area contributed by atoms with E-state index >= 15 is 0 Å². The van der Waals surface area contributed by atoms with Gasteiger partial charge in [-0.1, -0.05) is 5.21 Å². The molecule has 3 rings (SSSR count). The molecule has 0 aliphatic carbocycles. The number of rotatable bonds is 6. The Hall–Kier alpha value is -3.70. The molecule has 0 aliphatic heterocycles. The second kappa shape index (κ2) is 8.35. The maximum absolute atomic E-state index is 13.6. The lowest BCUT2D eigenvalue weighted by atomic mass is 10.2. The van der Waals surface area contributed by atoms with Gasteiger partial charge in [0, 0.05) is 0 Å². The fraction of sp³-hybridized carbons (Fsp3) is 0.222. The van der Waals surface area contributed by atoms with Crippen LogP contribution in [0.15, 0.2) is 47.1 Å². The summed E-state index contributed by atoms with van der Waals surface area (Å²) in [6.07, 6.45) is -3.58. The molecule has 12 heteroatoms. The van der Waals surface area contributed by atoms with Crippen molar-refractivity contribution >= 4 is 11.8 Å². The number of hydrogen-bond acceptors (Lipinski definition) is 5. The zero-order valence-electron chi connectivity index (χ0n) is 15.4. The number of carbonyl (C=O) groups is 2. The van der Waals surface area contributed by atoms with E-state index in [1.807, 2.05) is 0 Å². The minimum atomic E-state index is -4.99. The van der Waals surface area contributed by atoms with Crippen LogP contribution in [0.3, 0.4) is 0 Å². The highest BCUT2D eigenvalue weighted by Crippen LogP contribution is 2.32. The summed E-state index contributed by atoms with van der Waals surface area (Å²) >= 11 is 0. The first-order valence-corrected chi connectivity index (χ1v) is 8.56. The minimum Gasteiger partial charge on any atom is -0.467 e. The van der Waals surface area contributed by atoms with E-state index in [1.165, 1.54) is 13.2 Å². The van der Waals surface area contributed by atoms with E-state index in [1.54, 1.807) is 12.1 Å². The third kappa shape index (κ3) is 4.64. The number of aromatic nitrogens is 3. The maximum atomic E-state index is 13.6. The van der Waals surface area contributed by atoms with E-state index in [4.69, 9.17) is 4.42 Å². The molecule has 2 N–H and O–H groups in total. The Morgan fingerprint density at radius 3 is 2.50 bits per heavy atom. The van der Waals surface area contributed by atoms with Crippen molar-refractivity contribution in [2.45, 2.75) is 25.7 Å². The standard InChI is InChI=1S/C18H15F4N5O3/c1-10(16(28)23-9-13-3-2-8-30-13)24-17(29)14-15(18(20,21)22)27(26-25-14)12-6-4-11(19)5-7-12/h2-8,10H,9H2,1H3,(H,23,28)(H,24,29). The van der Waals surface area contributed by atoms with Crippen LogP contribution in [0.2, 0.25) is 0 Å². The SMILES string of the molecule is CC(NC(=O)c1nnn(-c2ccc(F)cc2)c1C(F)(F)F)C(=O)NCc1ccco1. The Bertz CT molecular complexity index is 1030. The summed E-state index contributed by atoms with van der Waals surface area (Å²) in [6.45, 7) is 1.34. The van der Waals surface area contributed by atoms with E-state index in [9.17, 15) is 27.2 Å². The molecule has 2 aromatic heterocycles. The van der Waals surface area contributed by atoms with Gasteiger partial charge in [0.1, 0.15) is 17.6 Å². The average molecular weight is 425 g/mol. The molecule has 158 valence electrons. The zero-order chi connectivity index (χ0) is 21.9. The molecule has 30 heavy (non-hydrogen) atoms. The monoisotopic (exact) mass is 425 g/mol. The number of nitrogens with one attached hydrogen (secondary N) is 2. The van der Waals surface area contributed by atoms with Crippen LogP contribution in [-0.2, 0) is 17.5 Å². The zero-order valence-corrected chi connectivity index (χ0v) is 15.4. The Morgan fingerprint density at radius 1 is 1.20 bits per heavy atom. The van der Waals surface area contributed by atoms with Gasteiger partial charge in [0.25, 0.3) is 5.91 Å². The summed E-state index contributed by atoms with van der Waals surface area (Å²) < 4.78 is 59.3. The number of hydrogen-bond donors (Lipinski definition) is 2. The molecule has 1 atom stereocenters. The number of benzene rings is 1. The van der Waals surface area contributed by atoms with Crippen LogP contribution in [0, 0.1) is 5.82 Å². The molecule has 8 nitrogen and oxygen atoms in total. The summed E-state index contributed by atoms with van der Waals surface area (Å²) in [4.78, 5) is 24.5. The number of carbonyl (C=O) groups excluding carboxylic acids is 2. The van der Waals surface area contributed by atoms with Crippen molar-refractivity contribution in [1.82, 2.24) is 25.6 Å². The normalized spacial score (nSPS) is 12.4. The van der Waals surface area contributed by atoms with Crippen molar-refractivity contribution in [3.63, 3.8) is 0 Å².